The van der Waals surface area contributed by atoms with Crippen molar-refractivity contribution >= 4 is 34.0 Å². The summed E-state index contributed by atoms with van der Waals surface area (Å²) in [6.07, 6.45) is 6.38. The summed E-state index contributed by atoms with van der Waals surface area (Å²) in [5.74, 6) is -0.533. The molecule has 1 saturated heterocycles. The van der Waals surface area contributed by atoms with Crippen LogP contribution in [0.2, 0.25) is 0 Å². The van der Waals surface area contributed by atoms with E-state index in [1.807, 2.05) is 48.5 Å². The minimum Gasteiger partial charge on any atom is -0.371 e. The van der Waals surface area contributed by atoms with Gasteiger partial charge in [0.1, 0.15) is 11.7 Å². The molecule has 0 bridgehead atoms. The molecule has 0 aliphatic carbocycles. The predicted octanol–water partition coefficient (Wildman–Crippen LogP) is 4.76. The summed E-state index contributed by atoms with van der Waals surface area (Å²) < 4.78 is 0. The Hall–Kier alpha value is -3.41. The molecule has 2 aromatic carbocycles. The zero-order valence-corrected chi connectivity index (χ0v) is 18.5. The number of carbonyl (C=O) groups is 2. The van der Waals surface area contributed by atoms with Crippen LogP contribution in [-0.4, -0.2) is 35.9 Å². The molecule has 32 heavy (non-hydrogen) atoms. The lowest BCUT2D eigenvalue weighted by atomic mass is 10.1. The van der Waals surface area contributed by atoms with Crippen molar-refractivity contribution in [1.29, 1.82) is 0 Å². The van der Waals surface area contributed by atoms with Gasteiger partial charge in [0, 0.05) is 36.0 Å². The average molecular weight is 431 g/mol. The van der Waals surface area contributed by atoms with Gasteiger partial charge < -0.3 is 15.5 Å². The van der Waals surface area contributed by atoms with Crippen molar-refractivity contribution < 1.29 is 9.59 Å². The number of pyridine rings is 1. The van der Waals surface area contributed by atoms with E-state index in [1.54, 1.807) is 6.20 Å². The lowest BCUT2D eigenvalue weighted by Crippen LogP contribution is -2.44. The highest BCUT2D eigenvalue weighted by atomic mass is 16.2. The van der Waals surface area contributed by atoms with E-state index in [0.717, 1.165) is 48.1 Å². The van der Waals surface area contributed by atoms with Crippen LogP contribution in [0.1, 0.15) is 49.5 Å². The van der Waals surface area contributed by atoms with E-state index in [1.165, 1.54) is 12.8 Å². The van der Waals surface area contributed by atoms with Crippen molar-refractivity contribution in [3.05, 3.63) is 66.5 Å². The van der Waals surface area contributed by atoms with E-state index in [9.17, 15) is 9.59 Å². The molecule has 6 nitrogen and oxygen atoms in total. The van der Waals surface area contributed by atoms with E-state index < -0.39 is 6.04 Å². The van der Waals surface area contributed by atoms with Crippen LogP contribution in [0.4, 0.5) is 11.4 Å². The first-order valence-corrected chi connectivity index (χ1v) is 11.5. The number of amides is 2. The van der Waals surface area contributed by atoms with Gasteiger partial charge >= 0.3 is 0 Å². The van der Waals surface area contributed by atoms with Crippen molar-refractivity contribution in [2.24, 2.45) is 0 Å². The lowest BCUT2D eigenvalue weighted by molar-refractivity contribution is -0.118. The van der Waals surface area contributed by atoms with Crippen LogP contribution in [0.5, 0.6) is 0 Å². The van der Waals surface area contributed by atoms with Gasteiger partial charge in [-0.05, 0) is 48.9 Å². The Labute approximate surface area is 189 Å². The Bertz CT molecular complexity index is 1090. The van der Waals surface area contributed by atoms with E-state index in [-0.39, 0.29) is 11.8 Å². The van der Waals surface area contributed by atoms with Crippen molar-refractivity contribution in [2.75, 3.05) is 23.3 Å². The number of nitrogens with zero attached hydrogens (tertiary/aromatic N) is 2. The number of unbranched alkanes of at least 4 members (excludes halogenated alkanes) is 1. The Morgan fingerprint density at radius 1 is 1.06 bits per heavy atom. The second kappa shape index (κ2) is 10.3. The molecular formula is C26H30N4O2. The predicted molar refractivity (Wildman–Crippen MR) is 129 cm³/mol. The summed E-state index contributed by atoms with van der Waals surface area (Å²) in [6, 6.07) is 16.8. The van der Waals surface area contributed by atoms with Crippen molar-refractivity contribution in [1.82, 2.24) is 10.3 Å². The van der Waals surface area contributed by atoms with Crippen LogP contribution in [0.15, 0.2) is 60.8 Å². The van der Waals surface area contributed by atoms with Gasteiger partial charge in [-0.2, -0.15) is 0 Å². The number of fused-ring (bicyclic) bond motifs is 1. The summed E-state index contributed by atoms with van der Waals surface area (Å²) in [5, 5.41) is 7.66. The van der Waals surface area contributed by atoms with Gasteiger partial charge in [0.25, 0.3) is 5.91 Å². The van der Waals surface area contributed by atoms with E-state index in [0.29, 0.717) is 12.1 Å². The first-order chi connectivity index (χ1) is 15.7. The molecule has 1 atom stereocenters. The number of hydrogen-bond donors (Lipinski definition) is 2. The molecule has 0 saturated carbocycles. The number of carbonyl (C=O) groups excluding carboxylic acids is 2. The Morgan fingerprint density at radius 2 is 1.88 bits per heavy atom. The number of aromatic nitrogens is 1. The van der Waals surface area contributed by atoms with Gasteiger partial charge in [-0.1, -0.05) is 50.1 Å². The molecule has 2 amide bonds. The van der Waals surface area contributed by atoms with Crippen molar-refractivity contribution in [2.45, 2.75) is 45.1 Å². The van der Waals surface area contributed by atoms with Crippen LogP contribution in [0.25, 0.3) is 10.8 Å². The van der Waals surface area contributed by atoms with Gasteiger partial charge in [0.15, 0.2) is 0 Å². The fraction of sp³-hybridized carbons (Fsp3) is 0.346. The normalized spacial score (nSPS) is 14.3. The third-order valence-electron chi connectivity index (χ3n) is 5.94. The Morgan fingerprint density at radius 3 is 2.69 bits per heavy atom. The molecule has 4 rings (SSSR count). The molecule has 6 heteroatoms. The van der Waals surface area contributed by atoms with Gasteiger partial charge in [-0.3, -0.25) is 14.6 Å². The second-order valence-corrected chi connectivity index (χ2v) is 8.28. The summed E-state index contributed by atoms with van der Waals surface area (Å²) >= 11 is 0. The standard InChI is InChI=1S/C26H30N4O2/c1-2-3-13-23(29-26(32)24-22-12-5-4-9-19(22)14-15-27-24)25(31)28-20-10-8-11-21(18-20)30-16-6-7-17-30/h4-5,8-12,14-15,18,23H,2-3,6-7,13,16-17H2,1H3,(H,28,31)(H,29,32). The third kappa shape index (κ3) is 5.07. The van der Waals surface area contributed by atoms with E-state index in [2.05, 4.69) is 33.5 Å². The summed E-state index contributed by atoms with van der Waals surface area (Å²) in [4.78, 5) is 32.8. The van der Waals surface area contributed by atoms with Gasteiger partial charge in [0.05, 0.1) is 0 Å². The Balaban J connectivity index is 1.49. The minimum atomic E-state index is -0.626. The highest BCUT2D eigenvalue weighted by Gasteiger charge is 2.23. The topological polar surface area (TPSA) is 74.3 Å². The summed E-state index contributed by atoms with van der Waals surface area (Å²) in [6.45, 7) is 4.16. The molecule has 2 N–H and O–H groups in total. The largest absolute Gasteiger partial charge is 0.371 e. The molecule has 1 aliphatic rings. The maximum Gasteiger partial charge on any atom is 0.271 e. The molecule has 2 heterocycles. The molecule has 1 aromatic heterocycles. The van der Waals surface area contributed by atoms with E-state index >= 15 is 0 Å². The molecule has 166 valence electrons. The zero-order chi connectivity index (χ0) is 22.3. The average Bonchev–Trinajstić information content (AvgIpc) is 3.36. The maximum atomic E-state index is 13.1. The number of nitrogens with one attached hydrogen (secondary N) is 2. The van der Waals surface area contributed by atoms with Crippen LogP contribution in [0.3, 0.4) is 0 Å². The molecule has 3 aromatic rings. The Kier molecular flexibility index (Phi) is 7.00. The molecule has 1 unspecified atom stereocenters. The molecule has 0 spiro atoms. The SMILES string of the molecule is CCCCC(NC(=O)c1nccc2ccccc12)C(=O)Nc1cccc(N2CCCC2)c1. The lowest BCUT2D eigenvalue weighted by Gasteiger charge is -2.21. The van der Waals surface area contributed by atoms with Crippen LogP contribution in [-0.2, 0) is 4.79 Å². The van der Waals surface area contributed by atoms with E-state index in [4.69, 9.17) is 0 Å². The quantitative estimate of drug-likeness (QED) is 0.540. The third-order valence-corrected chi connectivity index (χ3v) is 5.94. The fourth-order valence-corrected chi connectivity index (χ4v) is 4.19. The first-order valence-electron chi connectivity index (χ1n) is 11.5. The monoisotopic (exact) mass is 430 g/mol. The van der Waals surface area contributed by atoms with Crippen LogP contribution < -0.4 is 15.5 Å². The fourth-order valence-electron chi connectivity index (χ4n) is 4.19. The molecular weight excluding hydrogens is 400 g/mol. The van der Waals surface area contributed by atoms with Gasteiger partial charge in [0.2, 0.25) is 5.91 Å². The number of benzene rings is 2. The van der Waals surface area contributed by atoms with Crippen molar-refractivity contribution in [3.8, 4) is 0 Å². The van der Waals surface area contributed by atoms with Gasteiger partial charge in [-0.15, -0.1) is 0 Å². The molecule has 0 radical (unpaired) electrons. The smallest absolute Gasteiger partial charge is 0.271 e. The number of hydrogen-bond acceptors (Lipinski definition) is 4. The van der Waals surface area contributed by atoms with Crippen molar-refractivity contribution in [3.63, 3.8) is 0 Å². The highest BCUT2D eigenvalue weighted by molar-refractivity contribution is 6.07. The minimum absolute atomic E-state index is 0.203. The second-order valence-electron chi connectivity index (χ2n) is 8.28. The number of anilines is 2. The zero-order valence-electron chi connectivity index (χ0n) is 18.5. The van der Waals surface area contributed by atoms with Crippen LogP contribution >= 0.6 is 0 Å². The molecule has 1 fully saturated rings. The highest BCUT2D eigenvalue weighted by Crippen LogP contribution is 2.23. The molecule has 1 aliphatic heterocycles. The number of rotatable bonds is 8. The summed E-state index contributed by atoms with van der Waals surface area (Å²) in [7, 11) is 0. The maximum absolute atomic E-state index is 13.1. The van der Waals surface area contributed by atoms with Gasteiger partial charge in [-0.25, -0.2) is 0 Å². The summed E-state index contributed by atoms with van der Waals surface area (Å²) in [5.41, 5.74) is 2.21. The van der Waals surface area contributed by atoms with Crippen LogP contribution in [0, 0.1) is 0 Å². The first kappa shape index (κ1) is 21.8.